The summed E-state index contributed by atoms with van der Waals surface area (Å²) in [6.45, 7) is 31.7. The van der Waals surface area contributed by atoms with E-state index in [0.717, 1.165) is 0 Å². The van der Waals surface area contributed by atoms with E-state index in [4.69, 9.17) is 0 Å². The number of rotatable bonds is 8. The molecule has 21 heavy (non-hydrogen) atoms. The second-order valence-electron chi connectivity index (χ2n) is 12.0. The number of hydrogen-bond donors (Lipinski definition) is 0. The molecule has 0 atom stereocenters. The van der Waals surface area contributed by atoms with Crippen molar-refractivity contribution in [2.75, 3.05) is 0 Å². The quantitative estimate of drug-likeness (QED) is 0.333. The van der Waals surface area contributed by atoms with Gasteiger partial charge in [0.2, 0.25) is 0 Å². The summed E-state index contributed by atoms with van der Waals surface area (Å²) in [5.41, 5.74) is 0. The van der Waals surface area contributed by atoms with Gasteiger partial charge in [0.05, 0.1) is 0 Å². The van der Waals surface area contributed by atoms with Crippen LogP contribution in [-0.4, -0.2) is 50.5 Å². The molecule has 0 saturated carbocycles. The van der Waals surface area contributed by atoms with E-state index < -0.39 is 50.5 Å². The van der Waals surface area contributed by atoms with Gasteiger partial charge in [0, 0.05) is 0 Å². The van der Waals surface area contributed by atoms with Crippen LogP contribution in [0.4, 0.5) is 0 Å². The molecule has 0 aromatic heterocycles. The Bertz CT molecular complexity index is 257. The average molecular weight is 476 g/mol. The molecule has 0 radical (unpaired) electrons. The van der Waals surface area contributed by atoms with Crippen LogP contribution in [0.15, 0.2) is 0 Å². The first-order valence-electron chi connectivity index (χ1n) is 8.57. The fraction of sp³-hybridized carbons (Fsp3) is 1.00. The van der Waals surface area contributed by atoms with Crippen molar-refractivity contribution in [3.8, 4) is 0 Å². The van der Waals surface area contributed by atoms with Gasteiger partial charge in [-0.2, -0.15) is 0 Å². The molecule has 0 aliphatic heterocycles. The molecular weight excluding hydrogens is 432 g/mol. The van der Waals surface area contributed by atoms with E-state index in [2.05, 4.69) is 78.6 Å². The van der Waals surface area contributed by atoms with E-state index in [1.54, 1.807) is 16.4 Å². The summed E-state index contributed by atoms with van der Waals surface area (Å²) in [5, 5.41) is 0. The first kappa shape index (κ1) is 22.7. The molecular formula is C16H44Si4Te. The third-order valence-electron chi connectivity index (χ3n) is 2.96. The molecule has 0 saturated heterocycles. The van der Waals surface area contributed by atoms with Gasteiger partial charge in [-0.1, -0.05) is 0 Å². The first-order valence-corrected chi connectivity index (χ1v) is 30.0. The maximum absolute atomic E-state index is 2.65. The summed E-state index contributed by atoms with van der Waals surface area (Å²) in [7, 11) is -3.76. The Kier molecular flexibility index (Phi) is 7.84. The van der Waals surface area contributed by atoms with Crippen molar-refractivity contribution in [2.24, 2.45) is 0 Å². The average Bonchev–Trinajstić information content (AvgIpc) is 1.83. The van der Waals surface area contributed by atoms with Crippen LogP contribution >= 0.6 is 0 Å². The fourth-order valence-electron chi connectivity index (χ4n) is 3.98. The van der Waals surface area contributed by atoms with Gasteiger partial charge in [0.15, 0.2) is 0 Å². The normalized spacial score (nSPS) is 16.2. The standard InChI is InChI=1S/C16H44Si4Te/c1-17(2,3)13-21(14-18(4,5)6,15-19(7,8)9)16-20(10,11)12/h13-16H2,1-12H3. The zero-order valence-electron chi connectivity index (χ0n) is 17.2. The third kappa shape index (κ3) is 12.7. The molecule has 0 aromatic rings. The monoisotopic (exact) mass is 478 g/mol. The van der Waals surface area contributed by atoms with Crippen LogP contribution in [0.3, 0.4) is 0 Å². The van der Waals surface area contributed by atoms with Gasteiger partial charge in [-0.05, 0) is 0 Å². The van der Waals surface area contributed by atoms with E-state index in [1.165, 1.54) is 0 Å². The van der Waals surface area contributed by atoms with Crippen molar-refractivity contribution in [1.29, 1.82) is 0 Å². The van der Waals surface area contributed by atoms with Gasteiger partial charge < -0.3 is 0 Å². The minimum absolute atomic E-state index is 0.941. The van der Waals surface area contributed by atoms with Gasteiger partial charge in [-0.15, -0.1) is 0 Å². The van der Waals surface area contributed by atoms with Gasteiger partial charge in [-0.3, -0.25) is 0 Å². The Morgan fingerprint density at radius 2 is 0.524 bits per heavy atom. The summed E-state index contributed by atoms with van der Waals surface area (Å²) in [5.74, 6) is 0. The molecule has 0 amide bonds. The Morgan fingerprint density at radius 3 is 0.619 bits per heavy atom. The van der Waals surface area contributed by atoms with Crippen molar-refractivity contribution < 1.29 is 0 Å². The Morgan fingerprint density at radius 1 is 0.381 bits per heavy atom. The predicted octanol–water partition coefficient (Wildman–Crippen LogP) is 6.94. The maximum atomic E-state index is 2.65. The molecule has 0 unspecified atom stereocenters. The topological polar surface area (TPSA) is 0 Å². The van der Waals surface area contributed by atoms with Crippen LogP contribution in [0, 0.1) is 0 Å². The molecule has 0 aliphatic carbocycles. The molecule has 0 rings (SSSR count). The minimum atomic E-state index is -1.74. The van der Waals surface area contributed by atoms with Crippen LogP contribution in [0.5, 0.6) is 0 Å². The summed E-state index contributed by atoms with van der Waals surface area (Å²) < 4.78 is 7.03. The Labute approximate surface area is 144 Å². The molecule has 0 aliphatic rings. The molecule has 5 heteroatoms. The van der Waals surface area contributed by atoms with E-state index in [9.17, 15) is 0 Å². The Balaban J connectivity index is 5.70. The van der Waals surface area contributed by atoms with E-state index in [0.29, 0.717) is 0 Å². The second kappa shape index (κ2) is 7.27. The van der Waals surface area contributed by atoms with Crippen LogP contribution in [0.25, 0.3) is 0 Å². The fourth-order valence-corrected chi connectivity index (χ4v) is 92.4. The summed E-state index contributed by atoms with van der Waals surface area (Å²) in [4.78, 5) is 0. The molecule has 0 nitrogen and oxygen atoms in total. The predicted molar refractivity (Wildman–Crippen MR) is 118 cm³/mol. The van der Waals surface area contributed by atoms with Crippen LogP contribution in [0.1, 0.15) is 0 Å². The summed E-state index contributed by atoms with van der Waals surface area (Å²) in [6, 6.07) is 0. The van der Waals surface area contributed by atoms with Crippen molar-refractivity contribution in [2.45, 2.75) is 94.9 Å². The van der Waals surface area contributed by atoms with Crippen LogP contribution in [-0.2, 0) is 0 Å². The Hall–Kier alpha value is 1.66. The van der Waals surface area contributed by atoms with Crippen LogP contribution in [0.2, 0.25) is 94.9 Å². The molecule has 130 valence electrons. The van der Waals surface area contributed by atoms with E-state index >= 15 is 0 Å². The molecule has 0 spiro atoms. The summed E-state index contributed by atoms with van der Waals surface area (Å²) in [6.07, 6.45) is 0. The SMILES string of the molecule is C[Si](C)(C)C[Te](C[Si](C)(C)C)(C[Si](C)(C)C)C[Si](C)(C)C. The molecule has 0 heterocycles. The zero-order valence-corrected chi connectivity index (χ0v) is 23.6. The van der Waals surface area contributed by atoms with Gasteiger partial charge in [-0.25, -0.2) is 0 Å². The van der Waals surface area contributed by atoms with Crippen molar-refractivity contribution >= 4 is 50.5 Å². The molecule has 0 fully saturated rings. The summed E-state index contributed by atoms with van der Waals surface area (Å²) >= 11 is -1.74. The van der Waals surface area contributed by atoms with E-state index in [-0.39, 0.29) is 0 Å². The van der Waals surface area contributed by atoms with Gasteiger partial charge >= 0.3 is 145 Å². The van der Waals surface area contributed by atoms with Gasteiger partial charge in [0.1, 0.15) is 0 Å². The van der Waals surface area contributed by atoms with Crippen LogP contribution < -0.4 is 0 Å². The van der Waals surface area contributed by atoms with Crippen molar-refractivity contribution in [1.82, 2.24) is 0 Å². The van der Waals surface area contributed by atoms with Gasteiger partial charge in [0.25, 0.3) is 0 Å². The second-order valence-corrected chi connectivity index (χ2v) is 50.6. The van der Waals surface area contributed by atoms with E-state index in [1.807, 2.05) is 0 Å². The first-order chi connectivity index (χ1) is 8.83. The molecule has 0 N–H and O–H groups in total. The third-order valence-corrected chi connectivity index (χ3v) is 59.5. The number of hydrogen-bond acceptors (Lipinski definition) is 0. The van der Waals surface area contributed by atoms with Crippen molar-refractivity contribution in [3.63, 3.8) is 0 Å². The zero-order chi connectivity index (χ0) is 17.3. The molecule has 0 aromatic carbocycles. The van der Waals surface area contributed by atoms with Crippen molar-refractivity contribution in [3.05, 3.63) is 0 Å². The molecule has 0 bridgehead atoms.